The van der Waals surface area contributed by atoms with Crippen molar-refractivity contribution >= 4 is 32.6 Å². The molecule has 0 aliphatic carbocycles. The summed E-state index contributed by atoms with van der Waals surface area (Å²) in [4.78, 5) is 6.96. The first-order chi connectivity index (χ1) is 7.76. The summed E-state index contributed by atoms with van der Waals surface area (Å²) in [6.07, 6.45) is 3.23. The SMILES string of the molecule is CCc1nsc(N(CCBr)C(CC)CC)n1. The molecule has 0 aromatic carbocycles. The molecule has 0 aliphatic rings. The molecule has 0 spiro atoms. The van der Waals surface area contributed by atoms with Gasteiger partial charge in [-0.25, -0.2) is 4.98 Å². The van der Waals surface area contributed by atoms with Crippen molar-refractivity contribution in [3.05, 3.63) is 5.82 Å². The molecular weight excluding hydrogens is 286 g/mol. The van der Waals surface area contributed by atoms with Gasteiger partial charge >= 0.3 is 0 Å². The van der Waals surface area contributed by atoms with Gasteiger partial charge in [-0.3, -0.25) is 0 Å². The minimum atomic E-state index is 0.579. The maximum atomic E-state index is 4.58. The summed E-state index contributed by atoms with van der Waals surface area (Å²) in [6, 6.07) is 0.579. The summed E-state index contributed by atoms with van der Waals surface area (Å²) in [5.41, 5.74) is 0. The number of aromatic nitrogens is 2. The molecule has 1 aromatic rings. The number of hydrogen-bond donors (Lipinski definition) is 0. The number of rotatable bonds is 7. The molecule has 0 aliphatic heterocycles. The summed E-state index contributed by atoms with van der Waals surface area (Å²) < 4.78 is 4.36. The van der Waals surface area contributed by atoms with Crippen LogP contribution in [0.25, 0.3) is 0 Å². The van der Waals surface area contributed by atoms with E-state index >= 15 is 0 Å². The van der Waals surface area contributed by atoms with E-state index < -0.39 is 0 Å². The van der Waals surface area contributed by atoms with Crippen LogP contribution in [0.3, 0.4) is 0 Å². The highest BCUT2D eigenvalue weighted by Gasteiger charge is 2.18. The molecule has 0 N–H and O–H groups in total. The van der Waals surface area contributed by atoms with E-state index in [1.807, 2.05) is 0 Å². The lowest BCUT2D eigenvalue weighted by molar-refractivity contribution is 0.567. The summed E-state index contributed by atoms with van der Waals surface area (Å²) in [7, 11) is 0. The molecule has 0 bridgehead atoms. The van der Waals surface area contributed by atoms with Crippen LogP contribution in [0.4, 0.5) is 5.13 Å². The highest BCUT2D eigenvalue weighted by atomic mass is 79.9. The Morgan fingerprint density at radius 2 is 2.00 bits per heavy atom. The minimum Gasteiger partial charge on any atom is -0.343 e. The van der Waals surface area contributed by atoms with Crippen molar-refractivity contribution < 1.29 is 0 Å². The van der Waals surface area contributed by atoms with E-state index in [-0.39, 0.29) is 0 Å². The van der Waals surface area contributed by atoms with Crippen molar-refractivity contribution in [2.24, 2.45) is 0 Å². The first-order valence-corrected chi connectivity index (χ1v) is 7.81. The Bertz CT molecular complexity index is 299. The summed E-state index contributed by atoms with van der Waals surface area (Å²) in [6.45, 7) is 7.57. The molecule has 1 rings (SSSR count). The van der Waals surface area contributed by atoms with Crippen molar-refractivity contribution in [3.63, 3.8) is 0 Å². The van der Waals surface area contributed by atoms with E-state index in [1.54, 1.807) is 0 Å². The Kier molecular flexibility index (Phi) is 6.28. The molecule has 0 radical (unpaired) electrons. The zero-order valence-electron chi connectivity index (χ0n) is 10.2. The first kappa shape index (κ1) is 13.9. The molecule has 16 heavy (non-hydrogen) atoms. The summed E-state index contributed by atoms with van der Waals surface area (Å²) >= 11 is 5.04. The molecule has 0 unspecified atom stereocenters. The van der Waals surface area contributed by atoms with E-state index in [4.69, 9.17) is 0 Å². The van der Waals surface area contributed by atoms with Gasteiger partial charge < -0.3 is 4.90 Å². The fourth-order valence-electron chi connectivity index (χ4n) is 1.76. The van der Waals surface area contributed by atoms with Crippen molar-refractivity contribution in [3.8, 4) is 0 Å². The van der Waals surface area contributed by atoms with Gasteiger partial charge in [-0.2, -0.15) is 4.37 Å². The van der Waals surface area contributed by atoms with Gasteiger partial charge in [0.25, 0.3) is 0 Å². The number of hydrogen-bond acceptors (Lipinski definition) is 4. The van der Waals surface area contributed by atoms with Gasteiger partial charge in [0.2, 0.25) is 5.13 Å². The maximum absolute atomic E-state index is 4.58. The third-order valence-electron chi connectivity index (χ3n) is 2.73. The number of alkyl halides is 1. The van der Waals surface area contributed by atoms with E-state index in [1.165, 1.54) is 11.5 Å². The Hall–Kier alpha value is -0.160. The molecule has 0 fully saturated rings. The van der Waals surface area contributed by atoms with Gasteiger partial charge in [0.15, 0.2) is 0 Å². The Morgan fingerprint density at radius 3 is 2.44 bits per heavy atom. The number of aryl methyl sites for hydroxylation is 1. The van der Waals surface area contributed by atoms with Crippen molar-refractivity contribution in [2.75, 3.05) is 16.8 Å². The molecule has 0 saturated carbocycles. The van der Waals surface area contributed by atoms with Crippen LogP contribution < -0.4 is 4.90 Å². The Morgan fingerprint density at radius 1 is 1.31 bits per heavy atom. The predicted octanol–water partition coefficient (Wildman–Crippen LogP) is 3.49. The second kappa shape index (κ2) is 7.22. The van der Waals surface area contributed by atoms with Crippen LogP contribution in [0.15, 0.2) is 0 Å². The summed E-state index contributed by atoms with van der Waals surface area (Å²) in [5.74, 6) is 0.963. The topological polar surface area (TPSA) is 29.0 Å². The van der Waals surface area contributed by atoms with E-state index in [0.29, 0.717) is 6.04 Å². The molecule has 1 heterocycles. The van der Waals surface area contributed by atoms with Gasteiger partial charge in [-0.1, -0.05) is 36.7 Å². The monoisotopic (exact) mass is 305 g/mol. The van der Waals surface area contributed by atoms with Crippen molar-refractivity contribution in [1.29, 1.82) is 0 Å². The van der Waals surface area contributed by atoms with Gasteiger partial charge in [0, 0.05) is 35.9 Å². The van der Waals surface area contributed by atoms with Crippen LogP contribution in [0.2, 0.25) is 0 Å². The van der Waals surface area contributed by atoms with Crippen LogP contribution >= 0.6 is 27.5 Å². The fraction of sp³-hybridized carbons (Fsp3) is 0.818. The zero-order chi connectivity index (χ0) is 12.0. The number of halogens is 1. The molecule has 3 nitrogen and oxygen atoms in total. The van der Waals surface area contributed by atoms with E-state index in [0.717, 1.165) is 42.1 Å². The van der Waals surface area contributed by atoms with E-state index in [2.05, 4.69) is 51.0 Å². The molecular formula is C11H20BrN3S. The normalized spacial score (nSPS) is 11.1. The smallest absolute Gasteiger partial charge is 0.205 e. The first-order valence-electron chi connectivity index (χ1n) is 5.91. The third-order valence-corrected chi connectivity index (χ3v) is 3.87. The molecule has 0 saturated heterocycles. The average Bonchev–Trinajstić information content (AvgIpc) is 2.77. The van der Waals surface area contributed by atoms with Crippen LogP contribution in [-0.2, 0) is 6.42 Å². The lowest BCUT2D eigenvalue weighted by Crippen LogP contribution is -2.36. The second-order valence-corrected chi connectivity index (χ2v) is 5.22. The van der Waals surface area contributed by atoms with Gasteiger partial charge in [0.1, 0.15) is 5.82 Å². The Balaban J connectivity index is 2.82. The second-order valence-electron chi connectivity index (χ2n) is 3.70. The van der Waals surface area contributed by atoms with Gasteiger partial charge in [0.05, 0.1) is 0 Å². The maximum Gasteiger partial charge on any atom is 0.205 e. The number of nitrogens with zero attached hydrogens (tertiary/aromatic N) is 3. The average molecular weight is 306 g/mol. The fourth-order valence-corrected chi connectivity index (χ4v) is 2.99. The van der Waals surface area contributed by atoms with Crippen LogP contribution in [0.1, 0.15) is 39.4 Å². The lowest BCUT2D eigenvalue weighted by atomic mass is 10.1. The Labute approximate surface area is 111 Å². The van der Waals surface area contributed by atoms with Gasteiger partial charge in [-0.15, -0.1) is 0 Å². The molecule has 92 valence electrons. The molecule has 1 aromatic heterocycles. The molecule has 0 atom stereocenters. The quantitative estimate of drug-likeness (QED) is 0.722. The molecule has 0 amide bonds. The molecule has 5 heteroatoms. The summed E-state index contributed by atoms with van der Waals surface area (Å²) in [5, 5.41) is 2.05. The standard InChI is InChI=1S/C11H20BrN3S/c1-4-9(5-2)15(8-7-12)11-13-10(6-3)14-16-11/h9H,4-8H2,1-3H3. The largest absolute Gasteiger partial charge is 0.343 e. The van der Waals surface area contributed by atoms with Crippen molar-refractivity contribution in [2.45, 2.75) is 46.1 Å². The van der Waals surface area contributed by atoms with Crippen LogP contribution in [0.5, 0.6) is 0 Å². The number of anilines is 1. The van der Waals surface area contributed by atoms with Crippen molar-refractivity contribution in [1.82, 2.24) is 9.36 Å². The van der Waals surface area contributed by atoms with Crippen LogP contribution in [-0.4, -0.2) is 27.3 Å². The van der Waals surface area contributed by atoms with Gasteiger partial charge in [-0.05, 0) is 12.8 Å². The highest BCUT2D eigenvalue weighted by Crippen LogP contribution is 2.22. The predicted molar refractivity (Wildman–Crippen MR) is 74.8 cm³/mol. The third kappa shape index (κ3) is 3.42. The minimum absolute atomic E-state index is 0.579. The zero-order valence-corrected chi connectivity index (χ0v) is 12.6. The van der Waals surface area contributed by atoms with Crippen LogP contribution in [0, 0.1) is 0 Å². The van der Waals surface area contributed by atoms with E-state index in [9.17, 15) is 0 Å². The lowest BCUT2D eigenvalue weighted by Gasteiger charge is -2.29. The highest BCUT2D eigenvalue weighted by molar-refractivity contribution is 9.09.